The van der Waals surface area contributed by atoms with E-state index in [1.165, 1.54) is 11.5 Å². The third kappa shape index (κ3) is 3.14. The van der Waals surface area contributed by atoms with Crippen molar-refractivity contribution in [1.82, 2.24) is 14.1 Å². The van der Waals surface area contributed by atoms with Gasteiger partial charge in [-0.3, -0.25) is 0 Å². The van der Waals surface area contributed by atoms with Crippen LogP contribution in [0.3, 0.4) is 0 Å². The van der Waals surface area contributed by atoms with Crippen LogP contribution in [0.25, 0.3) is 0 Å². The molecule has 1 saturated carbocycles. The van der Waals surface area contributed by atoms with Gasteiger partial charge in [0.05, 0.1) is 4.90 Å². The smallest absolute Gasteiger partial charge is 0.224 e. The second-order valence-corrected chi connectivity index (χ2v) is 8.03. The van der Waals surface area contributed by atoms with Crippen LogP contribution in [0.15, 0.2) is 35.2 Å². The molecular formula is C14H17N3O2S2. The summed E-state index contributed by atoms with van der Waals surface area (Å²) in [5.41, 5.74) is 0. The highest BCUT2D eigenvalue weighted by Crippen LogP contribution is 2.42. The van der Waals surface area contributed by atoms with Crippen LogP contribution in [0.1, 0.15) is 42.9 Å². The fourth-order valence-electron chi connectivity index (χ4n) is 2.10. The molecule has 1 aromatic carbocycles. The van der Waals surface area contributed by atoms with Crippen molar-refractivity contribution < 1.29 is 8.42 Å². The van der Waals surface area contributed by atoms with Crippen molar-refractivity contribution in [1.29, 1.82) is 0 Å². The average molecular weight is 323 g/mol. The zero-order valence-corrected chi connectivity index (χ0v) is 13.5. The summed E-state index contributed by atoms with van der Waals surface area (Å²) in [5, 5.41) is 0.930. The summed E-state index contributed by atoms with van der Waals surface area (Å²) in [6.45, 7) is 4.10. The molecule has 0 spiro atoms. The lowest BCUT2D eigenvalue weighted by Gasteiger charge is -2.05. The maximum absolute atomic E-state index is 12.2. The van der Waals surface area contributed by atoms with Crippen LogP contribution in [0.5, 0.6) is 0 Å². The van der Waals surface area contributed by atoms with Gasteiger partial charge in [0.25, 0.3) is 0 Å². The molecule has 0 bridgehead atoms. The number of benzene rings is 1. The molecule has 0 amide bonds. The number of nitrogens with one attached hydrogen (secondary N) is 1. The summed E-state index contributed by atoms with van der Waals surface area (Å²) in [7, 11) is -3.44. The van der Waals surface area contributed by atoms with Crippen molar-refractivity contribution in [2.45, 2.75) is 43.0 Å². The summed E-state index contributed by atoms with van der Waals surface area (Å²) in [4.78, 5) is 4.80. The first kappa shape index (κ1) is 14.6. The predicted molar refractivity (Wildman–Crippen MR) is 81.9 cm³/mol. The number of rotatable bonds is 5. The van der Waals surface area contributed by atoms with Crippen LogP contribution >= 0.6 is 11.5 Å². The lowest BCUT2D eigenvalue weighted by molar-refractivity contribution is 0.580. The Balaban J connectivity index is 1.68. The van der Waals surface area contributed by atoms with Gasteiger partial charge in [-0.05, 0) is 30.1 Å². The molecule has 2 aromatic rings. The van der Waals surface area contributed by atoms with Gasteiger partial charge >= 0.3 is 0 Å². The fraction of sp³-hybridized carbons (Fsp3) is 0.429. The molecule has 2 atom stereocenters. The van der Waals surface area contributed by atoms with Gasteiger partial charge in [0.15, 0.2) is 0 Å². The number of aromatic nitrogens is 2. The highest BCUT2D eigenvalue weighted by Gasteiger charge is 2.43. The quantitative estimate of drug-likeness (QED) is 0.917. The van der Waals surface area contributed by atoms with Gasteiger partial charge in [0, 0.05) is 17.9 Å². The van der Waals surface area contributed by atoms with Crippen LogP contribution in [-0.4, -0.2) is 23.8 Å². The minimum Gasteiger partial charge on any atom is -0.224 e. The van der Waals surface area contributed by atoms with E-state index >= 15 is 0 Å². The highest BCUT2D eigenvalue weighted by molar-refractivity contribution is 7.89. The molecule has 1 fully saturated rings. The van der Waals surface area contributed by atoms with E-state index in [4.69, 9.17) is 0 Å². The summed E-state index contributed by atoms with van der Waals surface area (Å²) in [6, 6.07) is 8.37. The molecule has 112 valence electrons. The molecule has 0 aliphatic heterocycles. The molecule has 5 nitrogen and oxygen atoms in total. The van der Waals surface area contributed by atoms with E-state index in [0.717, 1.165) is 17.3 Å². The van der Waals surface area contributed by atoms with Crippen LogP contribution in [0, 0.1) is 0 Å². The molecule has 2 unspecified atom stereocenters. The molecule has 1 N–H and O–H groups in total. The zero-order valence-electron chi connectivity index (χ0n) is 11.9. The summed E-state index contributed by atoms with van der Waals surface area (Å²) in [5.74, 6) is 1.30. The van der Waals surface area contributed by atoms with Crippen molar-refractivity contribution in [2.75, 3.05) is 0 Å². The normalized spacial score (nSPS) is 21.7. The Morgan fingerprint density at radius 3 is 2.62 bits per heavy atom. The molecule has 3 rings (SSSR count). The number of sulfonamides is 1. The molecule has 21 heavy (non-hydrogen) atoms. The van der Waals surface area contributed by atoms with Crippen LogP contribution in [0.4, 0.5) is 0 Å². The van der Waals surface area contributed by atoms with E-state index in [0.29, 0.717) is 10.8 Å². The van der Waals surface area contributed by atoms with Crippen molar-refractivity contribution in [3.05, 3.63) is 41.2 Å². The molecule has 0 saturated heterocycles. The largest absolute Gasteiger partial charge is 0.240 e. The molecule has 1 aliphatic carbocycles. The molecular weight excluding hydrogens is 306 g/mol. The lowest BCUT2D eigenvalue weighted by Crippen LogP contribution is -2.26. The number of nitrogens with zero attached hydrogens (tertiary/aromatic N) is 2. The Morgan fingerprint density at radius 1 is 1.29 bits per heavy atom. The Labute approximate surface area is 128 Å². The first-order valence-electron chi connectivity index (χ1n) is 6.88. The van der Waals surface area contributed by atoms with Crippen molar-refractivity contribution in [3.63, 3.8) is 0 Å². The fourth-order valence-corrected chi connectivity index (χ4v) is 4.38. The molecule has 7 heteroatoms. The second-order valence-electron chi connectivity index (χ2n) is 5.53. The molecule has 1 aromatic heterocycles. The van der Waals surface area contributed by atoms with E-state index in [2.05, 4.69) is 14.1 Å². The van der Waals surface area contributed by atoms with Gasteiger partial charge in [-0.2, -0.15) is 4.37 Å². The summed E-state index contributed by atoms with van der Waals surface area (Å²) >= 11 is 1.38. The van der Waals surface area contributed by atoms with Crippen LogP contribution in [-0.2, 0) is 10.0 Å². The third-order valence-electron chi connectivity index (χ3n) is 3.44. The SMILES string of the molecule is CC(C)c1nsc(C2CC2NS(=O)(=O)c2ccccc2)n1. The maximum Gasteiger partial charge on any atom is 0.240 e. The highest BCUT2D eigenvalue weighted by atomic mass is 32.2. The van der Waals surface area contributed by atoms with E-state index in [-0.39, 0.29) is 12.0 Å². The zero-order chi connectivity index (χ0) is 15.0. The van der Waals surface area contributed by atoms with Crippen LogP contribution < -0.4 is 4.72 Å². The standard InChI is InChI=1S/C14H17N3O2S2/c1-9(2)13-15-14(20-16-13)11-8-12(11)17-21(18,19)10-6-4-3-5-7-10/h3-7,9,11-12,17H,8H2,1-2H3. The molecule has 0 radical (unpaired) electrons. The van der Waals surface area contributed by atoms with Crippen LogP contribution in [0.2, 0.25) is 0 Å². The first-order valence-corrected chi connectivity index (χ1v) is 9.14. The van der Waals surface area contributed by atoms with E-state index in [1.54, 1.807) is 30.3 Å². The number of hydrogen-bond donors (Lipinski definition) is 1. The Kier molecular flexibility index (Phi) is 3.81. The van der Waals surface area contributed by atoms with Gasteiger partial charge in [-0.1, -0.05) is 32.0 Å². The van der Waals surface area contributed by atoms with Gasteiger partial charge in [-0.15, -0.1) is 0 Å². The molecule has 1 aliphatic rings. The second kappa shape index (κ2) is 5.47. The van der Waals surface area contributed by atoms with Gasteiger partial charge in [0.2, 0.25) is 10.0 Å². The topological polar surface area (TPSA) is 72.0 Å². The number of hydrogen-bond acceptors (Lipinski definition) is 5. The monoisotopic (exact) mass is 323 g/mol. The van der Waals surface area contributed by atoms with E-state index in [1.807, 2.05) is 13.8 Å². The molecule has 1 heterocycles. The van der Waals surface area contributed by atoms with Crippen molar-refractivity contribution in [3.8, 4) is 0 Å². The minimum absolute atomic E-state index is 0.0665. The Morgan fingerprint density at radius 2 is 2.00 bits per heavy atom. The Hall–Kier alpha value is -1.31. The third-order valence-corrected chi connectivity index (χ3v) is 5.81. The van der Waals surface area contributed by atoms with E-state index < -0.39 is 10.0 Å². The van der Waals surface area contributed by atoms with Gasteiger partial charge < -0.3 is 0 Å². The Bertz CT molecular complexity index is 726. The maximum atomic E-state index is 12.2. The van der Waals surface area contributed by atoms with Gasteiger partial charge in [0.1, 0.15) is 10.8 Å². The van der Waals surface area contributed by atoms with Gasteiger partial charge in [-0.25, -0.2) is 18.1 Å². The van der Waals surface area contributed by atoms with Crippen molar-refractivity contribution >= 4 is 21.6 Å². The predicted octanol–water partition coefficient (Wildman–Crippen LogP) is 2.50. The summed E-state index contributed by atoms with van der Waals surface area (Å²) in [6.07, 6.45) is 0.790. The van der Waals surface area contributed by atoms with E-state index in [9.17, 15) is 8.42 Å². The van der Waals surface area contributed by atoms with Crippen molar-refractivity contribution in [2.24, 2.45) is 0 Å². The lowest BCUT2D eigenvalue weighted by atomic mass is 10.2. The minimum atomic E-state index is -3.44. The first-order chi connectivity index (χ1) is 9.97. The average Bonchev–Trinajstić information content (AvgIpc) is 3.02. The summed E-state index contributed by atoms with van der Waals surface area (Å²) < 4.78 is 31.5.